The van der Waals surface area contributed by atoms with E-state index in [4.69, 9.17) is 4.74 Å². The van der Waals surface area contributed by atoms with Crippen molar-refractivity contribution in [1.29, 1.82) is 0 Å². The van der Waals surface area contributed by atoms with Crippen LogP contribution in [0.25, 0.3) is 0 Å². The molecule has 0 radical (unpaired) electrons. The molecule has 0 heterocycles. The molecule has 0 amide bonds. The molecule has 0 aliphatic carbocycles. The van der Waals surface area contributed by atoms with Gasteiger partial charge >= 0.3 is 5.97 Å². The number of hydrogen-bond acceptors (Lipinski definition) is 3. The van der Waals surface area contributed by atoms with Gasteiger partial charge in [-0.2, -0.15) is 0 Å². The molecule has 0 saturated heterocycles. The zero-order chi connectivity index (χ0) is 15.5. The zero-order valence-corrected chi connectivity index (χ0v) is 13.2. The fourth-order valence-electron chi connectivity index (χ4n) is 1.78. The summed E-state index contributed by atoms with van der Waals surface area (Å²) in [6.07, 6.45) is 0. The van der Waals surface area contributed by atoms with Crippen LogP contribution in [0.15, 0.2) is 24.3 Å². The van der Waals surface area contributed by atoms with Gasteiger partial charge in [-0.15, -0.1) is 0 Å². The molecule has 0 aliphatic rings. The van der Waals surface area contributed by atoms with E-state index in [2.05, 4.69) is 13.8 Å². The summed E-state index contributed by atoms with van der Waals surface area (Å²) in [5, 5.41) is 0. The van der Waals surface area contributed by atoms with Crippen LogP contribution in [0.2, 0.25) is 0 Å². The topological polar surface area (TPSA) is 43.4 Å². The Hall–Kier alpha value is -1.64. The highest BCUT2D eigenvalue weighted by molar-refractivity contribution is 6.03. The van der Waals surface area contributed by atoms with E-state index in [0.717, 1.165) is 0 Å². The number of carbonyl (C=O) groups is 2. The molecule has 3 heteroatoms. The minimum atomic E-state index is -1.14. The first kappa shape index (κ1) is 16.4. The predicted molar refractivity (Wildman–Crippen MR) is 79.9 cm³/mol. The first-order valence-electron chi connectivity index (χ1n) is 7.02. The van der Waals surface area contributed by atoms with Crippen LogP contribution in [-0.2, 0) is 9.53 Å². The van der Waals surface area contributed by atoms with E-state index in [-0.39, 0.29) is 17.7 Å². The molecule has 3 nitrogen and oxygen atoms in total. The van der Waals surface area contributed by atoms with E-state index in [1.165, 1.54) is 5.56 Å². The van der Waals surface area contributed by atoms with Gasteiger partial charge < -0.3 is 4.74 Å². The van der Waals surface area contributed by atoms with Crippen LogP contribution in [0.3, 0.4) is 0 Å². The summed E-state index contributed by atoms with van der Waals surface area (Å²) in [4.78, 5) is 24.1. The predicted octanol–water partition coefficient (Wildman–Crippen LogP) is 3.97. The maximum Gasteiger partial charge on any atom is 0.309 e. The summed E-state index contributed by atoms with van der Waals surface area (Å²) < 4.78 is 5.30. The normalized spacial score (nSPS) is 11.8. The Balaban J connectivity index is 2.90. The van der Waals surface area contributed by atoms with Gasteiger partial charge in [0.1, 0.15) is 0 Å². The maximum absolute atomic E-state index is 12.4. The quantitative estimate of drug-likeness (QED) is 0.603. The summed E-state index contributed by atoms with van der Waals surface area (Å²) in [5.74, 6) is -0.361. The molecule has 0 fully saturated rings. The van der Waals surface area contributed by atoms with Crippen molar-refractivity contribution in [2.45, 2.75) is 53.1 Å². The third kappa shape index (κ3) is 3.92. The molecular formula is C17H24O3. The first-order valence-corrected chi connectivity index (χ1v) is 7.02. The Morgan fingerprint density at radius 3 is 1.90 bits per heavy atom. The van der Waals surface area contributed by atoms with E-state index in [0.29, 0.717) is 11.5 Å². The van der Waals surface area contributed by atoms with Crippen LogP contribution in [0.5, 0.6) is 0 Å². The fourth-order valence-corrected chi connectivity index (χ4v) is 1.78. The number of rotatable bonds is 5. The van der Waals surface area contributed by atoms with Crippen LogP contribution < -0.4 is 0 Å². The van der Waals surface area contributed by atoms with Crippen molar-refractivity contribution in [1.82, 2.24) is 0 Å². The lowest BCUT2D eigenvalue weighted by molar-refractivity contribution is -0.156. The Bertz CT molecular complexity index is 481. The lowest BCUT2D eigenvalue weighted by atomic mass is 9.94. The molecule has 0 atom stereocenters. The summed E-state index contributed by atoms with van der Waals surface area (Å²) in [6.45, 7) is 11.0. The number of ether oxygens (including phenoxy) is 1. The highest BCUT2D eigenvalue weighted by Gasteiger charge is 2.33. The molecule has 0 N–H and O–H groups in total. The van der Waals surface area contributed by atoms with Gasteiger partial charge in [0.2, 0.25) is 5.78 Å². The van der Waals surface area contributed by atoms with E-state index in [1.807, 2.05) is 12.1 Å². The van der Waals surface area contributed by atoms with E-state index in [9.17, 15) is 9.59 Å². The summed E-state index contributed by atoms with van der Waals surface area (Å²) in [7, 11) is 0. The second-order valence-corrected chi connectivity index (χ2v) is 6.19. The Morgan fingerprint density at radius 1 is 1.00 bits per heavy atom. The highest BCUT2D eigenvalue weighted by Crippen LogP contribution is 2.21. The Labute approximate surface area is 121 Å². The zero-order valence-electron chi connectivity index (χ0n) is 13.2. The average molecular weight is 276 g/mol. The number of hydrogen-bond donors (Lipinski definition) is 0. The monoisotopic (exact) mass is 276 g/mol. The summed E-state index contributed by atoms with van der Waals surface area (Å²) in [6, 6.07) is 7.47. The van der Waals surface area contributed by atoms with E-state index >= 15 is 0 Å². The lowest BCUT2D eigenvalue weighted by Crippen LogP contribution is -2.38. The van der Waals surface area contributed by atoms with Gasteiger partial charge in [-0.1, -0.05) is 52.0 Å². The maximum atomic E-state index is 12.4. The van der Waals surface area contributed by atoms with Gasteiger partial charge in [0.15, 0.2) is 5.60 Å². The molecule has 20 heavy (non-hydrogen) atoms. The highest BCUT2D eigenvalue weighted by atomic mass is 16.6. The first-order chi connectivity index (χ1) is 9.15. The van der Waals surface area contributed by atoms with Crippen molar-refractivity contribution < 1.29 is 14.3 Å². The number of esters is 1. The molecule has 0 aromatic heterocycles. The van der Waals surface area contributed by atoms with Gasteiger partial charge in [0, 0.05) is 5.56 Å². The van der Waals surface area contributed by atoms with Crippen LogP contribution in [0.1, 0.15) is 63.4 Å². The van der Waals surface area contributed by atoms with Crippen LogP contribution in [0.4, 0.5) is 0 Å². The lowest BCUT2D eigenvalue weighted by Gasteiger charge is -2.25. The molecule has 1 aromatic rings. The van der Waals surface area contributed by atoms with Crippen LogP contribution in [-0.4, -0.2) is 17.4 Å². The minimum absolute atomic E-state index is 0.179. The second-order valence-electron chi connectivity index (χ2n) is 6.19. The molecule has 0 bridgehead atoms. The smallest absolute Gasteiger partial charge is 0.309 e. The Morgan fingerprint density at radius 2 is 1.50 bits per heavy atom. The molecule has 1 aromatic carbocycles. The number of benzene rings is 1. The standard InChI is InChI=1S/C17H24O3/c1-11(2)13-7-9-14(10-8-13)15(18)17(5,6)20-16(19)12(3)4/h7-12H,1-6H3. The van der Waals surface area contributed by atoms with Gasteiger partial charge in [-0.3, -0.25) is 9.59 Å². The average Bonchev–Trinajstić information content (AvgIpc) is 2.37. The van der Waals surface area contributed by atoms with Crippen molar-refractivity contribution >= 4 is 11.8 Å². The van der Waals surface area contributed by atoms with Gasteiger partial charge in [-0.05, 0) is 25.3 Å². The largest absolute Gasteiger partial charge is 0.451 e. The number of Topliss-reactive ketones (excluding diaryl/α,β-unsaturated/α-hetero) is 1. The van der Waals surface area contributed by atoms with E-state index in [1.54, 1.807) is 39.8 Å². The molecular weight excluding hydrogens is 252 g/mol. The van der Waals surface area contributed by atoms with Crippen molar-refractivity contribution in [3.8, 4) is 0 Å². The molecule has 0 aliphatic heterocycles. The number of ketones is 1. The van der Waals surface area contributed by atoms with Gasteiger partial charge in [0.25, 0.3) is 0 Å². The molecule has 0 spiro atoms. The van der Waals surface area contributed by atoms with Crippen molar-refractivity contribution in [2.75, 3.05) is 0 Å². The second kappa shape index (κ2) is 6.21. The SMILES string of the molecule is CC(C)C(=O)OC(C)(C)C(=O)c1ccc(C(C)C)cc1. The molecule has 1 rings (SSSR count). The van der Waals surface area contributed by atoms with Crippen LogP contribution in [0, 0.1) is 5.92 Å². The van der Waals surface area contributed by atoms with Crippen molar-refractivity contribution in [3.63, 3.8) is 0 Å². The molecule has 0 unspecified atom stereocenters. The molecule has 110 valence electrons. The minimum Gasteiger partial charge on any atom is -0.451 e. The van der Waals surface area contributed by atoms with Crippen LogP contribution >= 0.6 is 0 Å². The van der Waals surface area contributed by atoms with Gasteiger partial charge in [-0.25, -0.2) is 0 Å². The third-order valence-corrected chi connectivity index (χ3v) is 3.21. The fraction of sp³-hybridized carbons (Fsp3) is 0.529. The number of carbonyl (C=O) groups excluding carboxylic acids is 2. The summed E-state index contributed by atoms with van der Waals surface area (Å²) in [5.41, 5.74) is 0.607. The molecule has 0 saturated carbocycles. The Kier molecular flexibility index (Phi) is 5.09. The van der Waals surface area contributed by atoms with Gasteiger partial charge in [0.05, 0.1) is 5.92 Å². The van der Waals surface area contributed by atoms with Crippen molar-refractivity contribution in [2.24, 2.45) is 5.92 Å². The van der Waals surface area contributed by atoms with E-state index < -0.39 is 5.60 Å². The van der Waals surface area contributed by atoms with Crippen molar-refractivity contribution in [3.05, 3.63) is 35.4 Å². The summed E-state index contributed by atoms with van der Waals surface area (Å²) >= 11 is 0. The third-order valence-electron chi connectivity index (χ3n) is 3.21.